The fourth-order valence-electron chi connectivity index (χ4n) is 2.54. The van der Waals surface area contributed by atoms with Crippen molar-refractivity contribution in [3.05, 3.63) is 28.2 Å². The molecule has 1 aromatic carbocycles. The molecule has 1 aliphatic heterocycles. The summed E-state index contributed by atoms with van der Waals surface area (Å²) in [7, 11) is 0. The molecule has 0 aliphatic carbocycles. The van der Waals surface area contributed by atoms with E-state index >= 15 is 0 Å². The SMILES string of the molecule is CC(N)C1CCN(Cc2ccc(OC(F)(F)F)c(Br)c2)C1. The van der Waals surface area contributed by atoms with Crippen molar-refractivity contribution in [2.24, 2.45) is 11.7 Å². The minimum absolute atomic E-state index is 0.171. The molecule has 2 N–H and O–H groups in total. The Hall–Kier alpha value is -0.790. The fourth-order valence-corrected chi connectivity index (χ4v) is 3.05. The summed E-state index contributed by atoms with van der Waals surface area (Å²) >= 11 is 3.12. The Bertz CT molecular complexity index is 494. The lowest BCUT2D eigenvalue weighted by Gasteiger charge is -2.18. The van der Waals surface area contributed by atoms with Crippen LogP contribution in [0.3, 0.4) is 0 Å². The number of hydrogen-bond acceptors (Lipinski definition) is 3. The van der Waals surface area contributed by atoms with E-state index in [0.717, 1.165) is 25.1 Å². The van der Waals surface area contributed by atoms with Crippen LogP contribution >= 0.6 is 15.9 Å². The van der Waals surface area contributed by atoms with Gasteiger partial charge in [-0.3, -0.25) is 4.90 Å². The molecular formula is C14H18BrF3N2O. The molecule has 21 heavy (non-hydrogen) atoms. The first-order valence-electron chi connectivity index (χ1n) is 6.76. The molecule has 2 rings (SSSR count). The number of nitrogens with two attached hydrogens (primary N) is 1. The smallest absolute Gasteiger partial charge is 0.405 e. The summed E-state index contributed by atoms with van der Waals surface area (Å²) in [6.07, 6.45) is -3.61. The number of likely N-dealkylation sites (tertiary alicyclic amines) is 1. The summed E-state index contributed by atoms with van der Waals surface area (Å²) in [4.78, 5) is 2.26. The lowest BCUT2D eigenvalue weighted by molar-refractivity contribution is -0.274. The maximum atomic E-state index is 12.2. The Morgan fingerprint density at radius 2 is 2.19 bits per heavy atom. The second kappa shape index (κ2) is 6.54. The third-order valence-corrected chi connectivity index (χ3v) is 4.30. The molecule has 1 saturated heterocycles. The summed E-state index contributed by atoms with van der Waals surface area (Å²) in [5.74, 6) is 0.266. The van der Waals surface area contributed by atoms with Gasteiger partial charge in [-0.2, -0.15) is 0 Å². The molecule has 0 saturated carbocycles. The molecule has 3 nitrogen and oxygen atoms in total. The van der Waals surface area contributed by atoms with Crippen LogP contribution < -0.4 is 10.5 Å². The number of hydrogen-bond donors (Lipinski definition) is 1. The predicted octanol–water partition coefficient (Wildman–Crippen LogP) is 3.52. The molecule has 0 radical (unpaired) electrons. The highest BCUT2D eigenvalue weighted by Crippen LogP contribution is 2.31. The van der Waals surface area contributed by atoms with Gasteiger partial charge < -0.3 is 10.5 Å². The van der Waals surface area contributed by atoms with Crippen molar-refractivity contribution in [1.29, 1.82) is 0 Å². The monoisotopic (exact) mass is 366 g/mol. The summed E-state index contributed by atoms with van der Waals surface area (Å²) in [5.41, 5.74) is 6.84. The maximum absolute atomic E-state index is 12.2. The van der Waals surface area contributed by atoms with Gasteiger partial charge in [0.25, 0.3) is 0 Å². The molecule has 1 fully saturated rings. The molecule has 0 amide bonds. The minimum Gasteiger partial charge on any atom is -0.405 e. The average molecular weight is 367 g/mol. The second-order valence-corrected chi connectivity index (χ2v) is 6.31. The number of rotatable bonds is 4. The van der Waals surface area contributed by atoms with E-state index < -0.39 is 6.36 Å². The molecule has 118 valence electrons. The number of benzene rings is 1. The van der Waals surface area contributed by atoms with Crippen LogP contribution in [0.4, 0.5) is 13.2 Å². The number of ether oxygens (including phenoxy) is 1. The minimum atomic E-state index is -4.68. The number of halogens is 4. The van der Waals surface area contributed by atoms with Gasteiger partial charge in [-0.05, 0) is 59.4 Å². The zero-order valence-corrected chi connectivity index (χ0v) is 13.2. The van der Waals surface area contributed by atoms with Gasteiger partial charge in [0.1, 0.15) is 5.75 Å². The largest absolute Gasteiger partial charge is 0.573 e. The van der Waals surface area contributed by atoms with Crippen LogP contribution in [-0.4, -0.2) is 30.4 Å². The van der Waals surface area contributed by atoms with E-state index in [4.69, 9.17) is 5.73 Å². The Balaban J connectivity index is 1.98. The van der Waals surface area contributed by atoms with E-state index in [-0.39, 0.29) is 11.8 Å². The van der Waals surface area contributed by atoms with Crippen molar-refractivity contribution in [1.82, 2.24) is 4.90 Å². The van der Waals surface area contributed by atoms with E-state index in [9.17, 15) is 13.2 Å². The van der Waals surface area contributed by atoms with Crippen molar-refractivity contribution in [3.63, 3.8) is 0 Å². The van der Waals surface area contributed by atoms with E-state index in [2.05, 4.69) is 25.6 Å². The van der Waals surface area contributed by atoms with Crippen LogP contribution in [0, 0.1) is 5.92 Å². The van der Waals surface area contributed by atoms with Gasteiger partial charge >= 0.3 is 6.36 Å². The van der Waals surface area contributed by atoms with Crippen molar-refractivity contribution in [3.8, 4) is 5.75 Å². The number of nitrogens with zero attached hydrogens (tertiary/aromatic N) is 1. The van der Waals surface area contributed by atoms with Crippen molar-refractivity contribution < 1.29 is 17.9 Å². The van der Waals surface area contributed by atoms with Crippen LogP contribution in [0.1, 0.15) is 18.9 Å². The molecular weight excluding hydrogens is 349 g/mol. The molecule has 0 bridgehead atoms. The third kappa shape index (κ3) is 4.86. The van der Waals surface area contributed by atoms with E-state index in [1.54, 1.807) is 12.1 Å². The van der Waals surface area contributed by atoms with Gasteiger partial charge in [0, 0.05) is 19.1 Å². The maximum Gasteiger partial charge on any atom is 0.573 e. The average Bonchev–Trinajstić information content (AvgIpc) is 2.80. The van der Waals surface area contributed by atoms with E-state index in [1.807, 2.05) is 6.92 Å². The van der Waals surface area contributed by atoms with Crippen LogP contribution in [0.15, 0.2) is 22.7 Å². The summed E-state index contributed by atoms with van der Waals surface area (Å²) in [6, 6.07) is 4.83. The van der Waals surface area contributed by atoms with Gasteiger partial charge in [0.2, 0.25) is 0 Å². The van der Waals surface area contributed by atoms with Crippen LogP contribution in [-0.2, 0) is 6.54 Å². The summed E-state index contributed by atoms with van der Waals surface area (Å²) in [6.45, 7) is 4.60. The Morgan fingerprint density at radius 3 is 2.71 bits per heavy atom. The van der Waals surface area contributed by atoms with Crippen molar-refractivity contribution in [2.45, 2.75) is 32.3 Å². The summed E-state index contributed by atoms with van der Waals surface area (Å²) in [5, 5.41) is 0. The normalized spacial score (nSPS) is 21.5. The van der Waals surface area contributed by atoms with Crippen molar-refractivity contribution >= 4 is 15.9 Å². The zero-order chi connectivity index (χ0) is 15.6. The number of alkyl halides is 3. The second-order valence-electron chi connectivity index (χ2n) is 5.46. The molecule has 1 aliphatic rings. The first-order chi connectivity index (χ1) is 9.74. The first kappa shape index (κ1) is 16.6. The zero-order valence-electron chi connectivity index (χ0n) is 11.7. The van der Waals surface area contributed by atoms with E-state index in [0.29, 0.717) is 16.9 Å². The predicted molar refractivity (Wildman–Crippen MR) is 77.9 cm³/mol. The highest BCUT2D eigenvalue weighted by Gasteiger charge is 2.32. The highest BCUT2D eigenvalue weighted by molar-refractivity contribution is 9.10. The molecule has 2 unspecified atom stereocenters. The van der Waals surface area contributed by atoms with Gasteiger partial charge in [-0.15, -0.1) is 13.2 Å². The third-order valence-electron chi connectivity index (χ3n) is 3.68. The standard InChI is InChI=1S/C14H18BrF3N2O/c1-9(19)11-4-5-20(8-11)7-10-2-3-13(12(15)6-10)21-14(16,17)18/h2-3,6,9,11H,4-5,7-8,19H2,1H3. The first-order valence-corrected chi connectivity index (χ1v) is 7.56. The Morgan fingerprint density at radius 1 is 1.48 bits per heavy atom. The molecule has 7 heteroatoms. The molecule has 0 spiro atoms. The Labute approximate surface area is 130 Å². The topological polar surface area (TPSA) is 38.5 Å². The summed E-state index contributed by atoms with van der Waals surface area (Å²) < 4.78 is 40.8. The lowest BCUT2D eigenvalue weighted by atomic mass is 10.0. The van der Waals surface area contributed by atoms with E-state index in [1.165, 1.54) is 6.07 Å². The highest BCUT2D eigenvalue weighted by atomic mass is 79.9. The molecule has 0 aromatic heterocycles. The van der Waals surface area contributed by atoms with Crippen LogP contribution in [0.25, 0.3) is 0 Å². The molecule has 1 aromatic rings. The fraction of sp³-hybridized carbons (Fsp3) is 0.571. The van der Waals surface area contributed by atoms with Crippen molar-refractivity contribution in [2.75, 3.05) is 13.1 Å². The van der Waals surface area contributed by atoms with Gasteiger partial charge in [-0.1, -0.05) is 6.07 Å². The molecule has 2 atom stereocenters. The van der Waals surface area contributed by atoms with Crippen LogP contribution in [0.2, 0.25) is 0 Å². The van der Waals surface area contributed by atoms with Gasteiger partial charge in [0.15, 0.2) is 0 Å². The molecule has 1 heterocycles. The van der Waals surface area contributed by atoms with Gasteiger partial charge in [0.05, 0.1) is 4.47 Å². The lowest BCUT2D eigenvalue weighted by Crippen LogP contribution is -2.29. The van der Waals surface area contributed by atoms with Crippen LogP contribution in [0.5, 0.6) is 5.75 Å². The quantitative estimate of drug-likeness (QED) is 0.885. The Kier molecular flexibility index (Phi) is 5.16. The van der Waals surface area contributed by atoms with Gasteiger partial charge in [-0.25, -0.2) is 0 Å².